The zero-order chi connectivity index (χ0) is 26.3. The van der Waals surface area contributed by atoms with Crippen LogP contribution in [0.15, 0.2) is 53.4 Å². The summed E-state index contributed by atoms with van der Waals surface area (Å²) in [5.74, 6) is -0.577. The third-order valence-electron chi connectivity index (χ3n) is 6.36. The molecule has 1 fully saturated rings. The Morgan fingerprint density at radius 1 is 1.06 bits per heavy atom. The molecule has 1 saturated carbocycles. The Labute approximate surface area is 215 Å². The number of nitriles is 1. The van der Waals surface area contributed by atoms with Crippen LogP contribution in [0.4, 0.5) is 5.69 Å². The molecule has 3 rings (SSSR count). The molecule has 1 aliphatic rings. The number of carbonyl (C=O) groups is 2. The maximum absolute atomic E-state index is 12.9. The SMILES string of the molecule is Cc1ccc(S(O)(O)Nc2ccc(C(=O)N[C@H]3CCCC[C@H]3C(=O)N[C@H](C#N)CC(C)C)cc2)cc1. The van der Waals surface area contributed by atoms with Crippen molar-refractivity contribution in [3.8, 4) is 6.07 Å². The topological polar surface area (TPSA) is 134 Å². The Kier molecular flexibility index (Phi) is 9.37. The zero-order valence-corrected chi connectivity index (χ0v) is 21.8. The van der Waals surface area contributed by atoms with Crippen LogP contribution in [0, 0.1) is 30.1 Å². The van der Waals surface area contributed by atoms with Crippen molar-refractivity contribution in [2.24, 2.45) is 11.8 Å². The number of rotatable bonds is 9. The summed E-state index contributed by atoms with van der Waals surface area (Å²) >= 11 is 0. The third-order valence-corrected chi connectivity index (χ3v) is 7.81. The maximum Gasteiger partial charge on any atom is 0.251 e. The van der Waals surface area contributed by atoms with Crippen LogP contribution in [0.2, 0.25) is 0 Å². The summed E-state index contributed by atoms with van der Waals surface area (Å²) in [4.78, 5) is 26.2. The van der Waals surface area contributed by atoms with Crippen LogP contribution in [0.1, 0.15) is 61.9 Å². The lowest BCUT2D eigenvalue weighted by molar-refractivity contribution is -0.127. The quantitative estimate of drug-likeness (QED) is 0.302. The lowest BCUT2D eigenvalue weighted by Gasteiger charge is -2.34. The van der Waals surface area contributed by atoms with Gasteiger partial charge in [0, 0.05) is 11.6 Å². The molecular weight excluding hydrogens is 476 g/mol. The van der Waals surface area contributed by atoms with Gasteiger partial charge in [-0.15, -0.1) is 0 Å². The van der Waals surface area contributed by atoms with E-state index in [4.69, 9.17) is 0 Å². The second kappa shape index (κ2) is 12.3. The van der Waals surface area contributed by atoms with Gasteiger partial charge in [-0.25, -0.2) is 0 Å². The molecule has 0 heterocycles. The minimum Gasteiger partial charge on any atom is -0.349 e. The van der Waals surface area contributed by atoms with Gasteiger partial charge in [0.2, 0.25) is 5.91 Å². The second-order valence-electron chi connectivity index (χ2n) is 9.83. The van der Waals surface area contributed by atoms with E-state index in [-0.39, 0.29) is 29.7 Å². The van der Waals surface area contributed by atoms with Gasteiger partial charge in [0.1, 0.15) is 6.04 Å². The number of benzene rings is 2. The molecule has 3 atom stereocenters. The van der Waals surface area contributed by atoms with Gasteiger partial charge >= 0.3 is 0 Å². The lowest BCUT2D eigenvalue weighted by Crippen LogP contribution is -2.50. The van der Waals surface area contributed by atoms with Crippen LogP contribution in [-0.2, 0) is 4.79 Å². The monoisotopic (exact) mass is 512 g/mol. The van der Waals surface area contributed by atoms with Gasteiger partial charge in [-0.3, -0.25) is 23.4 Å². The van der Waals surface area contributed by atoms with Crippen molar-refractivity contribution in [1.29, 1.82) is 5.26 Å². The molecule has 2 amide bonds. The number of anilines is 1. The molecule has 8 nitrogen and oxygen atoms in total. The van der Waals surface area contributed by atoms with Gasteiger partial charge in [-0.05, 0) is 68.5 Å². The standard InChI is InChI=1S/C27H36N4O4S/c1-18(2)16-22(17-28)29-27(33)24-6-4-5-7-25(24)30-26(32)20-10-12-21(13-11-20)31-36(34,35)23-14-8-19(3)9-15-23/h8-15,18,22,24-25,31,34-35H,4-7,16H2,1-3H3,(H,29,33)(H,30,32)/t22-,24+,25-/m0/s1. The molecule has 194 valence electrons. The van der Waals surface area contributed by atoms with Crippen LogP contribution >= 0.6 is 10.8 Å². The van der Waals surface area contributed by atoms with E-state index in [0.29, 0.717) is 35.4 Å². The third kappa shape index (κ3) is 7.47. The molecule has 0 saturated heterocycles. The van der Waals surface area contributed by atoms with Crippen molar-refractivity contribution < 1.29 is 18.7 Å². The fourth-order valence-electron chi connectivity index (χ4n) is 4.40. The Morgan fingerprint density at radius 3 is 2.31 bits per heavy atom. The van der Waals surface area contributed by atoms with Crippen molar-refractivity contribution in [3.05, 3.63) is 59.7 Å². The maximum atomic E-state index is 12.9. The number of hydrogen-bond donors (Lipinski definition) is 5. The summed E-state index contributed by atoms with van der Waals surface area (Å²) in [5.41, 5.74) is 1.89. The first-order valence-corrected chi connectivity index (χ1v) is 13.9. The van der Waals surface area contributed by atoms with Crippen molar-refractivity contribution in [1.82, 2.24) is 10.6 Å². The van der Waals surface area contributed by atoms with Gasteiger partial charge in [-0.1, -0.05) is 55.2 Å². The highest BCUT2D eigenvalue weighted by Crippen LogP contribution is 2.47. The van der Waals surface area contributed by atoms with E-state index in [2.05, 4.69) is 21.4 Å². The summed E-state index contributed by atoms with van der Waals surface area (Å²) < 4.78 is 23.8. The molecule has 9 heteroatoms. The Balaban J connectivity index is 1.62. The Morgan fingerprint density at radius 2 is 1.69 bits per heavy atom. The molecule has 36 heavy (non-hydrogen) atoms. The number of nitrogens with one attached hydrogen (secondary N) is 3. The van der Waals surface area contributed by atoms with Crippen LogP contribution in [-0.4, -0.2) is 33.0 Å². The minimum absolute atomic E-state index is 0.187. The van der Waals surface area contributed by atoms with E-state index in [1.165, 1.54) is 0 Å². The van der Waals surface area contributed by atoms with Gasteiger partial charge in [0.15, 0.2) is 0 Å². The minimum atomic E-state index is -3.24. The molecule has 0 aromatic heterocycles. The number of carbonyl (C=O) groups excluding carboxylic acids is 2. The highest BCUT2D eigenvalue weighted by Gasteiger charge is 2.33. The summed E-state index contributed by atoms with van der Waals surface area (Å²) in [6, 6.07) is 14.7. The van der Waals surface area contributed by atoms with Crippen molar-refractivity contribution in [3.63, 3.8) is 0 Å². The molecule has 2 aromatic rings. The predicted octanol–water partition coefficient (Wildman–Crippen LogP) is 5.47. The van der Waals surface area contributed by atoms with E-state index in [1.807, 2.05) is 32.9 Å². The molecule has 0 spiro atoms. The molecule has 0 unspecified atom stereocenters. The van der Waals surface area contributed by atoms with E-state index in [1.54, 1.807) is 36.4 Å². The van der Waals surface area contributed by atoms with Gasteiger partial charge in [0.05, 0.1) is 22.6 Å². The predicted molar refractivity (Wildman–Crippen MR) is 143 cm³/mol. The molecule has 0 radical (unpaired) electrons. The Hall–Kier alpha value is -3.06. The number of aryl methyl sites for hydroxylation is 1. The normalized spacial score (nSPS) is 19.1. The highest BCUT2D eigenvalue weighted by molar-refractivity contribution is 8.25. The van der Waals surface area contributed by atoms with Crippen LogP contribution < -0.4 is 15.4 Å². The average Bonchev–Trinajstić information content (AvgIpc) is 2.84. The Bertz CT molecular complexity index is 1080. The molecule has 0 aliphatic heterocycles. The zero-order valence-electron chi connectivity index (χ0n) is 21.0. The first-order chi connectivity index (χ1) is 17.1. The first-order valence-electron chi connectivity index (χ1n) is 12.3. The van der Waals surface area contributed by atoms with Gasteiger partial charge in [-0.2, -0.15) is 5.26 Å². The average molecular weight is 513 g/mol. The van der Waals surface area contributed by atoms with Crippen LogP contribution in [0.25, 0.3) is 0 Å². The lowest BCUT2D eigenvalue weighted by atomic mass is 9.83. The van der Waals surface area contributed by atoms with Crippen molar-refractivity contribution in [2.45, 2.75) is 69.9 Å². The summed E-state index contributed by atoms with van der Waals surface area (Å²) in [6.45, 7) is 5.93. The molecule has 0 bridgehead atoms. The fraction of sp³-hybridized carbons (Fsp3) is 0.444. The highest BCUT2D eigenvalue weighted by atomic mass is 32.3. The molecular formula is C27H36N4O4S. The fourth-order valence-corrected chi connectivity index (χ4v) is 5.50. The summed E-state index contributed by atoms with van der Waals surface area (Å²) in [6.07, 6.45) is 3.77. The van der Waals surface area contributed by atoms with Crippen molar-refractivity contribution >= 4 is 28.3 Å². The molecule has 1 aliphatic carbocycles. The van der Waals surface area contributed by atoms with Crippen molar-refractivity contribution in [2.75, 3.05) is 4.72 Å². The smallest absolute Gasteiger partial charge is 0.251 e. The van der Waals surface area contributed by atoms with E-state index in [9.17, 15) is 24.0 Å². The number of nitrogens with zero attached hydrogens (tertiary/aromatic N) is 1. The van der Waals surface area contributed by atoms with E-state index in [0.717, 1.165) is 18.4 Å². The van der Waals surface area contributed by atoms with Gasteiger partial charge < -0.3 is 10.6 Å². The van der Waals surface area contributed by atoms with Gasteiger partial charge in [0.25, 0.3) is 5.91 Å². The number of hydrogen-bond acceptors (Lipinski definition) is 6. The van der Waals surface area contributed by atoms with E-state index < -0.39 is 16.8 Å². The summed E-state index contributed by atoms with van der Waals surface area (Å²) in [5, 5.41) is 15.2. The van der Waals surface area contributed by atoms with E-state index >= 15 is 0 Å². The largest absolute Gasteiger partial charge is 0.349 e. The second-order valence-corrected chi connectivity index (χ2v) is 11.6. The first kappa shape index (κ1) is 27.5. The number of amides is 2. The van der Waals surface area contributed by atoms with Crippen LogP contribution in [0.3, 0.4) is 0 Å². The van der Waals surface area contributed by atoms with Crippen LogP contribution in [0.5, 0.6) is 0 Å². The summed E-state index contributed by atoms with van der Waals surface area (Å²) in [7, 11) is -3.24. The molecule has 5 N–H and O–H groups in total. The molecule has 2 aromatic carbocycles.